The molecule has 2 N–H and O–H groups in total. The van der Waals surface area contributed by atoms with Crippen LogP contribution in [0.4, 0.5) is 0 Å². The second-order valence-electron chi connectivity index (χ2n) is 3.10. The summed E-state index contributed by atoms with van der Waals surface area (Å²) in [5, 5.41) is 16.3. The van der Waals surface area contributed by atoms with E-state index in [0.29, 0.717) is 12.5 Å². The molecule has 0 fully saturated rings. The fourth-order valence-corrected chi connectivity index (χ4v) is 1.32. The zero-order valence-electron chi connectivity index (χ0n) is 7.86. The first-order chi connectivity index (χ1) is 6.20. The molecule has 0 saturated heterocycles. The molecule has 0 spiro atoms. The Morgan fingerprint density at radius 3 is 2.77 bits per heavy atom. The average molecular weight is 179 g/mol. The summed E-state index contributed by atoms with van der Waals surface area (Å²) in [5.41, 5.74) is 7.24. The molecule has 5 heteroatoms. The van der Waals surface area contributed by atoms with Crippen molar-refractivity contribution in [1.29, 1.82) is 5.26 Å². The number of hydrogen-bond donors (Lipinski definition) is 1. The third-order valence-electron chi connectivity index (χ3n) is 1.81. The van der Waals surface area contributed by atoms with E-state index in [9.17, 15) is 0 Å². The van der Waals surface area contributed by atoms with Crippen molar-refractivity contribution in [3.63, 3.8) is 0 Å². The summed E-state index contributed by atoms with van der Waals surface area (Å²) in [5.74, 6) is 0.293. The Morgan fingerprint density at radius 2 is 2.31 bits per heavy atom. The molecule has 1 rings (SSSR count). The highest BCUT2D eigenvalue weighted by molar-refractivity contribution is 5.14. The van der Waals surface area contributed by atoms with Crippen LogP contribution in [-0.2, 0) is 13.1 Å². The van der Waals surface area contributed by atoms with Crippen molar-refractivity contribution in [2.24, 2.45) is 5.73 Å². The molecule has 0 amide bonds. The summed E-state index contributed by atoms with van der Waals surface area (Å²) < 4.78 is 1.60. The second kappa shape index (κ2) is 4.01. The Bertz CT molecular complexity index is 320. The van der Waals surface area contributed by atoms with Crippen LogP contribution in [-0.4, -0.2) is 15.0 Å². The van der Waals surface area contributed by atoms with Crippen molar-refractivity contribution in [3.8, 4) is 6.07 Å². The number of nitriles is 1. The third-order valence-corrected chi connectivity index (χ3v) is 1.81. The maximum atomic E-state index is 8.54. The predicted octanol–water partition coefficient (Wildman–Crippen LogP) is 0.384. The van der Waals surface area contributed by atoms with Crippen LogP contribution in [0.2, 0.25) is 0 Å². The van der Waals surface area contributed by atoms with Gasteiger partial charge in [0.2, 0.25) is 0 Å². The molecular weight excluding hydrogens is 166 g/mol. The summed E-state index contributed by atoms with van der Waals surface area (Å²) in [4.78, 5) is 0. The van der Waals surface area contributed by atoms with Crippen molar-refractivity contribution in [3.05, 3.63) is 11.4 Å². The van der Waals surface area contributed by atoms with Crippen molar-refractivity contribution in [1.82, 2.24) is 15.0 Å². The lowest BCUT2D eigenvalue weighted by Gasteiger charge is -2.06. The Hall–Kier alpha value is -1.41. The third kappa shape index (κ3) is 1.84. The average Bonchev–Trinajstić information content (AvgIpc) is 2.48. The molecule has 0 radical (unpaired) electrons. The first-order valence-electron chi connectivity index (χ1n) is 4.20. The van der Waals surface area contributed by atoms with Crippen LogP contribution in [0.1, 0.15) is 31.2 Å². The van der Waals surface area contributed by atoms with Crippen molar-refractivity contribution >= 4 is 0 Å². The number of nitrogens with two attached hydrogens (primary N) is 1. The predicted molar refractivity (Wildman–Crippen MR) is 47.6 cm³/mol. The van der Waals surface area contributed by atoms with Crippen LogP contribution in [0.15, 0.2) is 0 Å². The molecule has 0 aliphatic rings. The summed E-state index contributed by atoms with van der Waals surface area (Å²) in [6.07, 6.45) is 0. The van der Waals surface area contributed by atoms with Gasteiger partial charge in [0.05, 0.1) is 17.5 Å². The maximum Gasteiger partial charge on any atom is 0.130 e. The van der Waals surface area contributed by atoms with Gasteiger partial charge >= 0.3 is 0 Å². The zero-order valence-corrected chi connectivity index (χ0v) is 7.86. The molecule has 1 aromatic heterocycles. The van der Waals surface area contributed by atoms with Crippen LogP contribution in [0, 0.1) is 11.3 Å². The summed E-state index contributed by atoms with van der Waals surface area (Å²) in [7, 11) is 0. The van der Waals surface area contributed by atoms with E-state index in [1.807, 2.05) is 19.9 Å². The summed E-state index contributed by atoms with van der Waals surface area (Å²) in [6.45, 7) is 4.68. The van der Waals surface area contributed by atoms with E-state index in [-0.39, 0.29) is 6.54 Å². The minimum absolute atomic E-state index is 0.237. The van der Waals surface area contributed by atoms with Crippen molar-refractivity contribution in [2.45, 2.75) is 32.9 Å². The number of aromatic nitrogens is 3. The molecule has 0 bridgehead atoms. The van der Waals surface area contributed by atoms with Gasteiger partial charge in [-0.05, 0) is 5.92 Å². The van der Waals surface area contributed by atoms with Gasteiger partial charge in [0.1, 0.15) is 6.54 Å². The lowest BCUT2D eigenvalue weighted by Crippen LogP contribution is -2.08. The number of nitrogens with zero attached hydrogens (tertiary/aromatic N) is 4. The monoisotopic (exact) mass is 179 g/mol. The van der Waals surface area contributed by atoms with Crippen molar-refractivity contribution < 1.29 is 0 Å². The largest absolute Gasteiger partial charge is 0.325 e. The lowest BCUT2D eigenvalue weighted by molar-refractivity contribution is 0.612. The quantitative estimate of drug-likeness (QED) is 0.727. The van der Waals surface area contributed by atoms with E-state index in [1.165, 1.54) is 0 Å². The topological polar surface area (TPSA) is 80.5 Å². The van der Waals surface area contributed by atoms with Gasteiger partial charge in [-0.25, -0.2) is 4.68 Å². The van der Waals surface area contributed by atoms with Gasteiger partial charge in [-0.2, -0.15) is 5.26 Å². The highest BCUT2D eigenvalue weighted by Crippen LogP contribution is 2.16. The van der Waals surface area contributed by atoms with Crippen LogP contribution in [0.25, 0.3) is 0 Å². The van der Waals surface area contributed by atoms with E-state index in [0.717, 1.165) is 11.4 Å². The Kier molecular flexibility index (Phi) is 2.98. The minimum Gasteiger partial charge on any atom is -0.325 e. The molecule has 1 aromatic rings. The van der Waals surface area contributed by atoms with E-state index in [1.54, 1.807) is 4.68 Å². The molecule has 0 aromatic carbocycles. The van der Waals surface area contributed by atoms with E-state index in [2.05, 4.69) is 10.3 Å². The fourth-order valence-electron chi connectivity index (χ4n) is 1.32. The first kappa shape index (κ1) is 9.68. The molecule has 0 saturated carbocycles. The fraction of sp³-hybridized carbons (Fsp3) is 0.625. The molecule has 0 atom stereocenters. The molecule has 0 aliphatic carbocycles. The smallest absolute Gasteiger partial charge is 0.130 e. The van der Waals surface area contributed by atoms with Gasteiger partial charge in [0, 0.05) is 6.54 Å². The normalized spacial score (nSPS) is 10.4. The van der Waals surface area contributed by atoms with Crippen LogP contribution >= 0.6 is 0 Å². The Labute approximate surface area is 77.1 Å². The zero-order chi connectivity index (χ0) is 9.84. The molecular formula is C8H13N5. The Morgan fingerprint density at radius 1 is 1.62 bits per heavy atom. The summed E-state index contributed by atoms with van der Waals surface area (Å²) >= 11 is 0. The molecule has 70 valence electrons. The maximum absolute atomic E-state index is 8.54. The van der Waals surface area contributed by atoms with E-state index < -0.39 is 0 Å². The Balaban J connectivity index is 3.08. The number of hydrogen-bond acceptors (Lipinski definition) is 4. The van der Waals surface area contributed by atoms with Crippen LogP contribution in [0.5, 0.6) is 0 Å². The highest BCUT2D eigenvalue weighted by Gasteiger charge is 2.14. The SMILES string of the molecule is CC(C)c1c(CN)nnn1CC#N. The van der Waals surface area contributed by atoms with Gasteiger partial charge in [-0.3, -0.25) is 0 Å². The molecule has 1 heterocycles. The molecule has 0 aliphatic heterocycles. The van der Waals surface area contributed by atoms with E-state index >= 15 is 0 Å². The van der Waals surface area contributed by atoms with E-state index in [4.69, 9.17) is 11.0 Å². The highest BCUT2D eigenvalue weighted by atomic mass is 15.4. The second-order valence-corrected chi connectivity index (χ2v) is 3.10. The van der Waals surface area contributed by atoms with Crippen LogP contribution in [0.3, 0.4) is 0 Å². The van der Waals surface area contributed by atoms with Crippen LogP contribution < -0.4 is 5.73 Å². The van der Waals surface area contributed by atoms with Gasteiger partial charge in [-0.15, -0.1) is 5.10 Å². The summed E-state index contributed by atoms with van der Waals surface area (Å²) in [6, 6.07) is 2.04. The van der Waals surface area contributed by atoms with Gasteiger partial charge in [0.15, 0.2) is 0 Å². The van der Waals surface area contributed by atoms with Gasteiger partial charge in [0.25, 0.3) is 0 Å². The first-order valence-corrected chi connectivity index (χ1v) is 4.20. The standard InChI is InChI=1S/C8H13N5/c1-6(2)8-7(5-10)11-12-13(8)4-3-9/h6H,4-5,10H2,1-2H3. The van der Waals surface area contributed by atoms with Crippen molar-refractivity contribution in [2.75, 3.05) is 0 Å². The van der Waals surface area contributed by atoms with Gasteiger partial charge < -0.3 is 5.73 Å². The minimum atomic E-state index is 0.237. The molecule has 5 nitrogen and oxygen atoms in total. The molecule has 13 heavy (non-hydrogen) atoms. The number of rotatable bonds is 3. The van der Waals surface area contributed by atoms with Gasteiger partial charge in [-0.1, -0.05) is 19.1 Å². The lowest BCUT2D eigenvalue weighted by atomic mass is 10.1. The molecule has 0 unspecified atom stereocenters.